The molecular formula is C20H23N3O3. The minimum atomic E-state index is -0.319. The van der Waals surface area contributed by atoms with Gasteiger partial charge in [0.25, 0.3) is 0 Å². The zero-order valence-corrected chi connectivity index (χ0v) is 14.8. The van der Waals surface area contributed by atoms with Crippen molar-refractivity contribution in [2.75, 3.05) is 18.4 Å². The van der Waals surface area contributed by atoms with Crippen LogP contribution in [0.3, 0.4) is 0 Å². The smallest absolute Gasteiger partial charge is 0.319 e. The van der Waals surface area contributed by atoms with Gasteiger partial charge in [-0.15, -0.1) is 0 Å². The number of benzene rings is 2. The molecule has 0 radical (unpaired) electrons. The number of ether oxygens (including phenoxy) is 1. The molecule has 1 saturated heterocycles. The number of carbonyl (C=O) groups is 2. The molecule has 2 aromatic rings. The van der Waals surface area contributed by atoms with Crippen LogP contribution in [0.25, 0.3) is 0 Å². The van der Waals surface area contributed by atoms with Crippen LogP contribution in [0.15, 0.2) is 54.6 Å². The first-order chi connectivity index (χ1) is 12.6. The number of likely N-dealkylation sites (N-methyl/N-ethyl adjacent to an activating group) is 1. The largest absolute Gasteiger partial charge is 0.489 e. The fourth-order valence-electron chi connectivity index (χ4n) is 2.93. The summed E-state index contributed by atoms with van der Waals surface area (Å²) >= 11 is 0. The maximum atomic E-state index is 12.2. The Bertz CT molecular complexity index is 764. The van der Waals surface area contributed by atoms with Crippen molar-refractivity contribution in [1.82, 2.24) is 10.2 Å². The SMILES string of the molecule is CCN1CC(NC(=O)Nc2cccc(OCc3ccccc3)c2)CC1=O. The molecule has 26 heavy (non-hydrogen) atoms. The molecule has 3 rings (SSSR count). The van der Waals surface area contributed by atoms with Crippen molar-refractivity contribution in [2.45, 2.75) is 26.0 Å². The Balaban J connectivity index is 1.51. The van der Waals surface area contributed by atoms with Crippen molar-refractivity contribution in [3.63, 3.8) is 0 Å². The summed E-state index contributed by atoms with van der Waals surface area (Å²) < 4.78 is 5.77. The molecular weight excluding hydrogens is 330 g/mol. The summed E-state index contributed by atoms with van der Waals surface area (Å²) in [7, 11) is 0. The topological polar surface area (TPSA) is 70.7 Å². The normalized spacial score (nSPS) is 16.4. The number of nitrogens with one attached hydrogen (secondary N) is 2. The van der Waals surface area contributed by atoms with Gasteiger partial charge >= 0.3 is 6.03 Å². The lowest BCUT2D eigenvalue weighted by atomic mass is 10.2. The van der Waals surface area contributed by atoms with E-state index in [9.17, 15) is 9.59 Å². The number of hydrogen-bond acceptors (Lipinski definition) is 3. The number of rotatable bonds is 6. The Morgan fingerprint density at radius 2 is 2.00 bits per heavy atom. The van der Waals surface area contributed by atoms with Crippen LogP contribution in [0, 0.1) is 0 Å². The van der Waals surface area contributed by atoms with Crippen LogP contribution in [-0.2, 0) is 11.4 Å². The third kappa shape index (κ3) is 4.75. The highest BCUT2D eigenvalue weighted by Gasteiger charge is 2.29. The van der Waals surface area contributed by atoms with E-state index in [0.717, 1.165) is 5.56 Å². The van der Waals surface area contributed by atoms with Gasteiger partial charge in [0.1, 0.15) is 12.4 Å². The van der Waals surface area contributed by atoms with Crippen LogP contribution in [-0.4, -0.2) is 36.0 Å². The van der Waals surface area contributed by atoms with Gasteiger partial charge in [-0.25, -0.2) is 4.79 Å². The Morgan fingerprint density at radius 1 is 1.19 bits per heavy atom. The highest BCUT2D eigenvalue weighted by atomic mass is 16.5. The van der Waals surface area contributed by atoms with E-state index in [0.29, 0.717) is 37.6 Å². The summed E-state index contributed by atoms with van der Waals surface area (Å²) in [5, 5.41) is 5.64. The summed E-state index contributed by atoms with van der Waals surface area (Å²) in [5.41, 5.74) is 1.72. The molecule has 0 saturated carbocycles. The van der Waals surface area contributed by atoms with Crippen molar-refractivity contribution < 1.29 is 14.3 Å². The van der Waals surface area contributed by atoms with Gasteiger partial charge in [-0.1, -0.05) is 36.4 Å². The van der Waals surface area contributed by atoms with Crippen LogP contribution in [0.1, 0.15) is 18.9 Å². The third-order valence-corrected chi connectivity index (χ3v) is 4.27. The first kappa shape index (κ1) is 17.8. The first-order valence-corrected chi connectivity index (χ1v) is 8.76. The predicted octanol–water partition coefficient (Wildman–Crippen LogP) is 3.01. The molecule has 136 valence electrons. The fraction of sp³-hybridized carbons (Fsp3) is 0.300. The van der Waals surface area contributed by atoms with Crippen molar-refractivity contribution in [2.24, 2.45) is 0 Å². The second-order valence-electron chi connectivity index (χ2n) is 6.23. The van der Waals surface area contributed by atoms with E-state index in [2.05, 4.69) is 10.6 Å². The van der Waals surface area contributed by atoms with Crippen LogP contribution in [0.4, 0.5) is 10.5 Å². The zero-order valence-electron chi connectivity index (χ0n) is 14.8. The standard InChI is InChI=1S/C20H23N3O3/c1-2-23-13-17(12-19(23)24)22-20(25)21-16-9-6-10-18(11-16)26-14-15-7-4-3-5-8-15/h3-11,17H,2,12-14H2,1H3,(H2,21,22,25). The molecule has 1 heterocycles. The molecule has 3 amide bonds. The molecule has 1 atom stereocenters. The van der Waals surface area contributed by atoms with E-state index in [1.807, 2.05) is 49.4 Å². The molecule has 0 bridgehead atoms. The van der Waals surface area contributed by atoms with Crippen molar-refractivity contribution >= 4 is 17.6 Å². The monoisotopic (exact) mass is 353 g/mol. The van der Waals surface area contributed by atoms with Crippen LogP contribution < -0.4 is 15.4 Å². The zero-order chi connectivity index (χ0) is 18.4. The Hall–Kier alpha value is -3.02. The van der Waals surface area contributed by atoms with Crippen molar-refractivity contribution in [3.05, 3.63) is 60.2 Å². The molecule has 6 nitrogen and oxygen atoms in total. The predicted molar refractivity (Wildman–Crippen MR) is 100 cm³/mol. The number of anilines is 1. The van der Waals surface area contributed by atoms with E-state index in [1.54, 1.807) is 17.0 Å². The summed E-state index contributed by atoms with van der Waals surface area (Å²) in [5.74, 6) is 0.758. The van der Waals surface area contributed by atoms with E-state index in [1.165, 1.54) is 0 Å². The summed E-state index contributed by atoms with van der Waals surface area (Å²) in [6.45, 7) is 3.62. The molecule has 0 aromatic heterocycles. The average Bonchev–Trinajstić information content (AvgIpc) is 3.00. The van der Waals surface area contributed by atoms with Gasteiger partial charge in [0, 0.05) is 31.3 Å². The van der Waals surface area contributed by atoms with Crippen LogP contribution >= 0.6 is 0 Å². The minimum Gasteiger partial charge on any atom is -0.489 e. The highest BCUT2D eigenvalue weighted by molar-refractivity contribution is 5.90. The molecule has 2 aromatic carbocycles. The molecule has 6 heteroatoms. The van der Waals surface area contributed by atoms with Crippen molar-refractivity contribution in [3.8, 4) is 5.75 Å². The lowest BCUT2D eigenvalue weighted by Crippen LogP contribution is -2.39. The van der Waals surface area contributed by atoms with Gasteiger partial charge in [-0.05, 0) is 24.6 Å². The molecule has 2 N–H and O–H groups in total. The number of amides is 3. The van der Waals surface area contributed by atoms with Gasteiger partial charge < -0.3 is 20.3 Å². The molecule has 1 aliphatic heterocycles. The second-order valence-corrected chi connectivity index (χ2v) is 6.23. The lowest BCUT2D eigenvalue weighted by molar-refractivity contribution is -0.127. The summed E-state index contributed by atoms with van der Waals surface area (Å²) in [4.78, 5) is 25.6. The Labute approximate surface area is 153 Å². The van der Waals surface area contributed by atoms with E-state index < -0.39 is 0 Å². The molecule has 0 aliphatic carbocycles. The molecule has 0 spiro atoms. The highest BCUT2D eigenvalue weighted by Crippen LogP contribution is 2.19. The van der Waals surface area contributed by atoms with E-state index in [4.69, 9.17) is 4.74 Å². The fourth-order valence-corrected chi connectivity index (χ4v) is 2.93. The molecule has 1 aliphatic rings. The van der Waals surface area contributed by atoms with E-state index in [-0.39, 0.29) is 18.0 Å². The Kier molecular flexibility index (Phi) is 5.73. The number of nitrogens with zero attached hydrogens (tertiary/aromatic N) is 1. The average molecular weight is 353 g/mol. The van der Waals surface area contributed by atoms with Gasteiger partial charge in [0.05, 0.1) is 6.04 Å². The summed E-state index contributed by atoms with van der Waals surface area (Å²) in [6.07, 6.45) is 0.349. The Morgan fingerprint density at radius 3 is 2.73 bits per heavy atom. The number of urea groups is 1. The second kappa shape index (κ2) is 8.38. The quantitative estimate of drug-likeness (QED) is 0.839. The summed E-state index contributed by atoms with van der Waals surface area (Å²) in [6, 6.07) is 16.7. The molecule has 1 unspecified atom stereocenters. The third-order valence-electron chi connectivity index (χ3n) is 4.27. The van der Waals surface area contributed by atoms with Gasteiger partial charge in [0.2, 0.25) is 5.91 Å². The maximum Gasteiger partial charge on any atom is 0.319 e. The van der Waals surface area contributed by atoms with Gasteiger partial charge in [0.15, 0.2) is 0 Å². The number of hydrogen-bond donors (Lipinski definition) is 2. The minimum absolute atomic E-state index is 0.0779. The lowest BCUT2D eigenvalue weighted by Gasteiger charge is -2.15. The first-order valence-electron chi connectivity index (χ1n) is 8.76. The number of likely N-dealkylation sites (tertiary alicyclic amines) is 1. The number of carbonyl (C=O) groups excluding carboxylic acids is 2. The van der Waals surface area contributed by atoms with Gasteiger partial charge in [-0.2, -0.15) is 0 Å². The molecule has 1 fully saturated rings. The van der Waals surface area contributed by atoms with E-state index >= 15 is 0 Å². The van der Waals surface area contributed by atoms with Crippen molar-refractivity contribution in [1.29, 1.82) is 0 Å². The van der Waals surface area contributed by atoms with Crippen LogP contribution in [0.2, 0.25) is 0 Å². The van der Waals surface area contributed by atoms with Gasteiger partial charge in [-0.3, -0.25) is 4.79 Å². The van der Waals surface area contributed by atoms with Crippen LogP contribution in [0.5, 0.6) is 5.75 Å². The maximum absolute atomic E-state index is 12.2.